The van der Waals surface area contributed by atoms with Crippen molar-refractivity contribution in [3.63, 3.8) is 0 Å². The van der Waals surface area contributed by atoms with E-state index in [1.807, 2.05) is 42.5 Å². The molecule has 0 aliphatic carbocycles. The molecule has 0 bridgehead atoms. The molecule has 0 aromatic heterocycles. The van der Waals surface area contributed by atoms with Crippen LogP contribution >= 0.6 is 0 Å². The zero-order valence-corrected chi connectivity index (χ0v) is 38.8. The quantitative estimate of drug-likeness (QED) is 0.0464. The molecular weight excluding hydrogens is 749 g/mol. The molecule has 4 nitrogen and oxygen atoms in total. The van der Waals surface area contributed by atoms with Crippen molar-refractivity contribution < 1.29 is 19.3 Å². The summed E-state index contributed by atoms with van der Waals surface area (Å²) in [5.41, 5.74) is 3.02. The maximum absolute atomic E-state index is 12.2. The first-order valence-electron chi connectivity index (χ1n) is 25.1. The lowest BCUT2D eigenvalue weighted by Gasteiger charge is -2.32. The second kappa shape index (κ2) is 31.9. The highest BCUT2D eigenvalue weighted by molar-refractivity contribution is 5.49. The molecule has 0 aliphatic rings. The molecule has 4 aromatic carbocycles. The van der Waals surface area contributed by atoms with Gasteiger partial charge in [-0.05, 0) is 86.6 Å². The third-order valence-electron chi connectivity index (χ3n) is 12.3. The zero-order chi connectivity index (χ0) is 43.0. The number of phenolic OH excluding ortho intramolecular Hbond substituents is 1. The van der Waals surface area contributed by atoms with Crippen molar-refractivity contribution in [3.05, 3.63) is 120 Å². The van der Waals surface area contributed by atoms with E-state index in [0.29, 0.717) is 0 Å². The Balaban J connectivity index is 1.76. The van der Waals surface area contributed by atoms with E-state index in [2.05, 4.69) is 81.4 Å². The number of rotatable bonds is 36. The fourth-order valence-corrected chi connectivity index (χ4v) is 8.80. The van der Waals surface area contributed by atoms with Crippen molar-refractivity contribution in [2.75, 3.05) is 0 Å². The van der Waals surface area contributed by atoms with Gasteiger partial charge in [-0.1, -0.05) is 216 Å². The Morgan fingerprint density at radius 1 is 0.328 bits per heavy atom. The van der Waals surface area contributed by atoms with Crippen LogP contribution in [-0.4, -0.2) is 5.11 Å². The Labute approximate surface area is 373 Å². The van der Waals surface area contributed by atoms with Crippen LogP contribution in [-0.2, 0) is 0 Å². The average Bonchev–Trinajstić information content (AvgIpc) is 3.29. The van der Waals surface area contributed by atoms with E-state index in [0.717, 1.165) is 85.3 Å². The minimum absolute atomic E-state index is 0.210. The molecule has 0 amide bonds. The van der Waals surface area contributed by atoms with Gasteiger partial charge < -0.3 is 19.3 Å². The average molecular weight is 833 g/mol. The van der Waals surface area contributed by atoms with Crippen LogP contribution < -0.4 is 14.2 Å². The third kappa shape index (κ3) is 19.8. The van der Waals surface area contributed by atoms with Gasteiger partial charge in [0, 0.05) is 11.1 Å². The molecule has 3 unspecified atom stereocenters. The summed E-state index contributed by atoms with van der Waals surface area (Å²) < 4.78 is 21.2. The molecule has 0 fully saturated rings. The summed E-state index contributed by atoms with van der Waals surface area (Å²) >= 11 is 0. The molecule has 0 heterocycles. The second-order valence-corrected chi connectivity index (χ2v) is 17.6. The fraction of sp³-hybridized carbons (Fsp3) is 0.579. The highest BCUT2D eigenvalue weighted by Gasteiger charge is 2.32. The van der Waals surface area contributed by atoms with E-state index in [1.54, 1.807) is 0 Å². The normalized spacial score (nSPS) is 12.8. The highest BCUT2D eigenvalue weighted by Crippen LogP contribution is 2.45. The lowest BCUT2D eigenvalue weighted by Crippen LogP contribution is -2.21. The van der Waals surface area contributed by atoms with E-state index < -0.39 is 0 Å². The minimum Gasteiger partial charge on any atom is -0.508 e. The minimum atomic E-state index is -0.349. The molecule has 0 spiro atoms. The van der Waals surface area contributed by atoms with Crippen molar-refractivity contribution in [1.29, 1.82) is 0 Å². The molecule has 0 saturated carbocycles. The van der Waals surface area contributed by atoms with Gasteiger partial charge in [-0.2, -0.15) is 0 Å². The Morgan fingerprint density at radius 3 is 0.984 bits per heavy atom. The van der Waals surface area contributed by atoms with Gasteiger partial charge in [-0.15, -0.1) is 0 Å². The molecule has 1 N–H and O–H groups in total. The number of phenols is 1. The molecule has 61 heavy (non-hydrogen) atoms. The first kappa shape index (κ1) is 49.7. The Kier molecular flexibility index (Phi) is 26.0. The summed E-state index contributed by atoms with van der Waals surface area (Å²) in [5, 5.41) is 12.2. The summed E-state index contributed by atoms with van der Waals surface area (Å²) in [4.78, 5) is 0. The van der Waals surface area contributed by atoms with Crippen LogP contribution in [0.2, 0.25) is 0 Å². The monoisotopic (exact) mass is 833 g/mol. The van der Waals surface area contributed by atoms with E-state index in [4.69, 9.17) is 14.2 Å². The van der Waals surface area contributed by atoms with Gasteiger partial charge in [0.05, 0.1) is 0 Å². The number of hydrogen-bond donors (Lipinski definition) is 1. The van der Waals surface area contributed by atoms with E-state index in [1.165, 1.54) is 122 Å². The number of hydrogen-bond acceptors (Lipinski definition) is 4. The lowest BCUT2D eigenvalue weighted by atomic mass is 9.85. The van der Waals surface area contributed by atoms with Gasteiger partial charge in [-0.25, -0.2) is 0 Å². The van der Waals surface area contributed by atoms with Crippen molar-refractivity contribution in [3.8, 4) is 23.0 Å². The predicted octanol–water partition coefficient (Wildman–Crippen LogP) is 18.3. The maximum Gasteiger partial charge on any atom is 0.128 e. The standard InChI is InChI=1S/C57H84O4/c1-4-7-10-13-16-19-22-34-43-53(59-48-37-28-25-29-38-48)51-46-47-52(58)57(55(61-50-41-32-27-33-42-50)45-36-24-21-18-15-12-9-6-3)56(51)54(60-49-39-30-26-31-40-49)44-35-23-20-17-14-11-8-5-2/h25-33,37-42,46-47,53-55,58H,4-24,34-36,43-45H2,1-3H3. The molecule has 0 radical (unpaired) electrons. The molecule has 0 saturated heterocycles. The molecule has 4 heteroatoms. The Hall–Kier alpha value is -3.92. The van der Waals surface area contributed by atoms with E-state index >= 15 is 0 Å². The van der Waals surface area contributed by atoms with Gasteiger partial charge in [0.1, 0.15) is 41.3 Å². The summed E-state index contributed by atoms with van der Waals surface area (Å²) in [6, 6.07) is 34.9. The fourth-order valence-electron chi connectivity index (χ4n) is 8.80. The van der Waals surface area contributed by atoms with Crippen LogP contribution in [0, 0.1) is 0 Å². The zero-order valence-electron chi connectivity index (χ0n) is 38.8. The van der Waals surface area contributed by atoms with Crippen LogP contribution in [0.3, 0.4) is 0 Å². The summed E-state index contributed by atoms with van der Waals surface area (Å²) in [6.45, 7) is 6.85. The number of para-hydroxylation sites is 3. The van der Waals surface area contributed by atoms with Gasteiger partial charge in [0.15, 0.2) is 0 Å². The molecule has 4 aromatic rings. The molecule has 3 atom stereocenters. The second-order valence-electron chi connectivity index (χ2n) is 17.6. The van der Waals surface area contributed by atoms with Crippen LogP contribution in [0.5, 0.6) is 23.0 Å². The lowest BCUT2D eigenvalue weighted by molar-refractivity contribution is 0.152. The maximum atomic E-state index is 12.2. The molecule has 336 valence electrons. The Bertz CT molecular complexity index is 1620. The largest absolute Gasteiger partial charge is 0.508 e. The first-order chi connectivity index (χ1) is 30.1. The molecular formula is C57H84O4. The topological polar surface area (TPSA) is 47.9 Å². The molecule has 0 aliphatic heterocycles. The van der Waals surface area contributed by atoms with E-state index in [-0.39, 0.29) is 24.1 Å². The van der Waals surface area contributed by atoms with Gasteiger partial charge >= 0.3 is 0 Å². The summed E-state index contributed by atoms with van der Waals surface area (Å²) in [5.74, 6) is 2.82. The van der Waals surface area contributed by atoms with Crippen LogP contribution in [0.1, 0.15) is 229 Å². The van der Waals surface area contributed by atoms with E-state index in [9.17, 15) is 5.11 Å². The summed E-state index contributed by atoms with van der Waals surface area (Å²) in [7, 11) is 0. The smallest absolute Gasteiger partial charge is 0.128 e. The van der Waals surface area contributed by atoms with Crippen LogP contribution in [0.15, 0.2) is 103 Å². The number of unbranched alkanes of at least 4 members (excludes halogenated alkanes) is 21. The van der Waals surface area contributed by atoms with Crippen molar-refractivity contribution in [1.82, 2.24) is 0 Å². The number of ether oxygens (including phenoxy) is 3. The van der Waals surface area contributed by atoms with Crippen molar-refractivity contribution >= 4 is 0 Å². The van der Waals surface area contributed by atoms with Gasteiger partial charge in [0.2, 0.25) is 0 Å². The van der Waals surface area contributed by atoms with Crippen molar-refractivity contribution in [2.45, 2.75) is 212 Å². The Morgan fingerprint density at radius 2 is 0.623 bits per heavy atom. The van der Waals surface area contributed by atoms with Crippen LogP contribution in [0.25, 0.3) is 0 Å². The summed E-state index contributed by atoms with van der Waals surface area (Å²) in [6.07, 6.45) is 31.6. The predicted molar refractivity (Wildman–Crippen MR) is 259 cm³/mol. The first-order valence-corrected chi connectivity index (χ1v) is 25.1. The van der Waals surface area contributed by atoms with Gasteiger partial charge in [0.25, 0.3) is 0 Å². The van der Waals surface area contributed by atoms with Crippen LogP contribution in [0.4, 0.5) is 0 Å². The number of aromatic hydroxyl groups is 1. The highest BCUT2D eigenvalue weighted by atomic mass is 16.5. The third-order valence-corrected chi connectivity index (χ3v) is 12.3. The molecule has 4 rings (SSSR count). The number of benzene rings is 4. The van der Waals surface area contributed by atoms with Gasteiger partial charge in [-0.3, -0.25) is 0 Å². The van der Waals surface area contributed by atoms with Crippen molar-refractivity contribution in [2.24, 2.45) is 0 Å². The SMILES string of the molecule is CCCCCCCCCCC(Oc1ccccc1)c1ccc(O)c(C(CCCCCCCCCC)Oc2ccccc2)c1C(CCCCCCCCCC)Oc1ccccc1.